The molecule has 3 nitrogen and oxygen atoms in total. The summed E-state index contributed by atoms with van der Waals surface area (Å²) in [5.74, 6) is -0.0513. The van der Waals surface area contributed by atoms with Gasteiger partial charge < -0.3 is 5.32 Å². The summed E-state index contributed by atoms with van der Waals surface area (Å²) in [7, 11) is 0. The number of aliphatic imine (C=N–C) groups is 1. The fraction of sp³-hybridized carbons (Fsp3) is 0.250. The zero-order chi connectivity index (χ0) is 15.1. The second-order valence-electron chi connectivity index (χ2n) is 5.14. The minimum atomic E-state index is -0.386. The lowest BCUT2D eigenvalue weighted by Gasteiger charge is -2.08. The number of rotatable bonds is 1. The SMILES string of the molecule is Cc1sc2c(c1C)C(c1ccc(Br)cc1)=N[C@@H](C)C(=O)N2. The van der Waals surface area contributed by atoms with Gasteiger partial charge in [-0.2, -0.15) is 0 Å². The molecule has 0 spiro atoms. The molecule has 0 unspecified atom stereocenters. The van der Waals surface area contributed by atoms with Crippen molar-refractivity contribution in [3.8, 4) is 0 Å². The van der Waals surface area contributed by atoms with Crippen LogP contribution in [-0.4, -0.2) is 17.7 Å². The molecule has 0 fully saturated rings. The van der Waals surface area contributed by atoms with Gasteiger partial charge in [-0.1, -0.05) is 28.1 Å². The fourth-order valence-corrected chi connectivity index (χ4v) is 3.69. The van der Waals surface area contributed by atoms with Gasteiger partial charge in [0.1, 0.15) is 11.0 Å². The summed E-state index contributed by atoms with van der Waals surface area (Å²) >= 11 is 5.07. The molecule has 1 aliphatic rings. The average Bonchev–Trinajstić information content (AvgIpc) is 2.64. The monoisotopic (exact) mass is 362 g/mol. The molecule has 1 aromatic heterocycles. The van der Waals surface area contributed by atoms with Gasteiger partial charge >= 0.3 is 0 Å². The van der Waals surface area contributed by atoms with Gasteiger partial charge in [-0.15, -0.1) is 11.3 Å². The summed E-state index contributed by atoms with van der Waals surface area (Å²) in [6.07, 6.45) is 0. The molecule has 1 aromatic carbocycles. The summed E-state index contributed by atoms with van der Waals surface area (Å²) in [6.45, 7) is 5.98. The molecular weight excluding hydrogens is 348 g/mol. The van der Waals surface area contributed by atoms with E-state index >= 15 is 0 Å². The van der Waals surface area contributed by atoms with Crippen LogP contribution < -0.4 is 5.32 Å². The number of nitrogens with one attached hydrogen (secondary N) is 1. The van der Waals surface area contributed by atoms with Gasteiger partial charge in [0.25, 0.3) is 0 Å². The second kappa shape index (κ2) is 5.39. The van der Waals surface area contributed by atoms with E-state index in [0.717, 1.165) is 26.3 Å². The molecular formula is C16H15BrN2OS. The predicted octanol–water partition coefficient (Wildman–Crippen LogP) is 4.31. The van der Waals surface area contributed by atoms with Crippen molar-refractivity contribution < 1.29 is 4.79 Å². The van der Waals surface area contributed by atoms with E-state index in [2.05, 4.69) is 40.1 Å². The van der Waals surface area contributed by atoms with Gasteiger partial charge in [-0.05, 0) is 38.5 Å². The highest BCUT2D eigenvalue weighted by Gasteiger charge is 2.26. The van der Waals surface area contributed by atoms with E-state index in [-0.39, 0.29) is 11.9 Å². The number of nitrogens with zero attached hydrogens (tertiary/aromatic N) is 1. The molecule has 1 atom stereocenters. The van der Waals surface area contributed by atoms with Crippen LogP contribution in [0.1, 0.15) is 28.5 Å². The Hall–Kier alpha value is -1.46. The van der Waals surface area contributed by atoms with Gasteiger partial charge in [0.15, 0.2) is 0 Å². The zero-order valence-corrected chi connectivity index (χ0v) is 14.4. The zero-order valence-electron chi connectivity index (χ0n) is 12.0. The molecule has 5 heteroatoms. The molecule has 2 heterocycles. The number of benzene rings is 1. The van der Waals surface area contributed by atoms with Gasteiger partial charge in [0, 0.05) is 20.5 Å². The number of hydrogen-bond donors (Lipinski definition) is 1. The summed E-state index contributed by atoms with van der Waals surface area (Å²) in [6, 6.07) is 7.67. The largest absolute Gasteiger partial charge is 0.315 e. The Labute approximate surface area is 136 Å². The standard InChI is InChI=1S/C16H15BrN2OS/c1-8-10(3)21-16-13(8)14(18-9(2)15(20)19-16)11-4-6-12(17)7-5-11/h4-7,9H,1-3H3,(H,19,20)/t9-/m0/s1. The first-order valence-corrected chi connectivity index (χ1v) is 8.33. The van der Waals surface area contributed by atoms with Crippen LogP contribution in [0.2, 0.25) is 0 Å². The Bertz CT molecular complexity index is 746. The van der Waals surface area contributed by atoms with Crippen LogP contribution in [0, 0.1) is 13.8 Å². The lowest BCUT2D eigenvalue weighted by Crippen LogP contribution is -2.21. The molecule has 3 rings (SSSR count). The average molecular weight is 363 g/mol. The molecule has 21 heavy (non-hydrogen) atoms. The number of hydrogen-bond acceptors (Lipinski definition) is 3. The van der Waals surface area contributed by atoms with Crippen LogP contribution >= 0.6 is 27.3 Å². The molecule has 1 amide bonds. The van der Waals surface area contributed by atoms with Gasteiger partial charge in [0.05, 0.1) is 5.71 Å². The molecule has 0 radical (unpaired) electrons. The highest BCUT2D eigenvalue weighted by atomic mass is 79.9. The number of halogens is 1. The van der Waals surface area contributed by atoms with Crippen molar-refractivity contribution in [1.29, 1.82) is 0 Å². The van der Waals surface area contributed by atoms with Crippen molar-refractivity contribution in [2.75, 3.05) is 5.32 Å². The Balaban J connectivity index is 2.24. The van der Waals surface area contributed by atoms with Crippen LogP contribution in [-0.2, 0) is 4.79 Å². The molecule has 0 saturated heterocycles. The van der Waals surface area contributed by atoms with Gasteiger partial charge in [0.2, 0.25) is 5.91 Å². The third kappa shape index (κ3) is 2.56. The van der Waals surface area contributed by atoms with Crippen LogP contribution in [0.3, 0.4) is 0 Å². The van der Waals surface area contributed by atoms with Crippen molar-refractivity contribution in [3.05, 3.63) is 50.3 Å². The Morgan fingerprint density at radius 3 is 2.57 bits per heavy atom. The summed E-state index contributed by atoms with van der Waals surface area (Å²) in [4.78, 5) is 18.0. The van der Waals surface area contributed by atoms with E-state index in [1.54, 1.807) is 11.3 Å². The maximum absolute atomic E-state index is 12.1. The third-order valence-corrected chi connectivity index (χ3v) is 5.33. The van der Waals surface area contributed by atoms with Crippen molar-refractivity contribution in [1.82, 2.24) is 0 Å². The number of anilines is 1. The predicted molar refractivity (Wildman–Crippen MR) is 91.7 cm³/mol. The third-order valence-electron chi connectivity index (χ3n) is 3.68. The first-order valence-electron chi connectivity index (χ1n) is 6.72. The molecule has 1 aliphatic heterocycles. The Morgan fingerprint density at radius 2 is 1.90 bits per heavy atom. The molecule has 1 N–H and O–H groups in total. The van der Waals surface area contributed by atoms with Crippen molar-refractivity contribution in [3.63, 3.8) is 0 Å². The van der Waals surface area contributed by atoms with E-state index in [1.807, 2.05) is 31.2 Å². The minimum absolute atomic E-state index is 0.0513. The van der Waals surface area contributed by atoms with Crippen molar-refractivity contribution in [2.45, 2.75) is 26.8 Å². The van der Waals surface area contributed by atoms with E-state index in [9.17, 15) is 4.79 Å². The Morgan fingerprint density at radius 1 is 1.24 bits per heavy atom. The highest BCUT2D eigenvalue weighted by molar-refractivity contribution is 9.10. The smallest absolute Gasteiger partial charge is 0.249 e. The first-order chi connectivity index (χ1) is 9.97. The number of fused-ring (bicyclic) bond motifs is 1. The lowest BCUT2D eigenvalue weighted by molar-refractivity contribution is -0.116. The lowest BCUT2D eigenvalue weighted by atomic mass is 10.00. The summed E-state index contributed by atoms with van der Waals surface area (Å²) < 4.78 is 1.03. The summed E-state index contributed by atoms with van der Waals surface area (Å²) in [5, 5.41) is 3.90. The molecule has 108 valence electrons. The number of carbonyl (C=O) groups excluding carboxylic acids is 1. The van der Waals surface area contributed by atoms with E-state index in [1.165, 1.54) is 10.4 Å². The maximum Gasteiger partial charge on any atom is 0.249 e. The van der Waals surface area contributed by atoms with E-state index < -0.39 is 0 Å². The second-order valence-corrected chi connectivity index (χ2v) is 7.28. The normalized spacial score (nSPS) is 17.8. The quantitative estimate of drug-likeness (QED) is 0.806. The highest BCUT2D eigenvalue weighted by Crippen LogP contribution is 2.36. The maximum atomic E-state index is 12.1. The van der Waals surface area contributed by atoms with Crippen molar-refractivity contribution >= 4 is 43.9 Å². The van der Waals surface area contributed by atoms with Gasteiger partial charge in [-0.3, -0.25) is 9.79 Å². The molecule has 2 aromatic rings. The molecule has 0 bridgehead atoms. The van der Waals surface area contributed by atoms with E-state index in [4.69, 9.17) is 0 Å². The fourth-order valence-electron chi connectivity index (χ4n) is 2.36. The molecule has 0 aliphatic carbocycles. The number of thiophene rings is 1. The van der Waals surface area contributed by atoms with Crippen LogP contribution in [0.5, 0.6) is 0 Å². The Kier molecular flexibility index (Phi) is 3.71. The topological polar surface area (TPSA) is 41.5 Å². The minimum Gasteiger partial charge on any atom is -0.315 e. The van der Waals surface area contributed by atoms with Crippen LogP contribution in [0.15, 0.2) is 33.7 Å². The number of carbonyl (C=O) groups is 1. The van der Waals surface area contributed by atoms with E-state index in [0.29, 0.717) is 0 Å². The first kappa shape index (κ1) is 14.5. The summed E-state index contributed by atoms with van der Waals surface area (Å²) in [5.41, 5.74) is 4.16. The number of amides is 1. The number of aryl methyl sites for hydroxylation is 1. The van der Waals surface area contributed by atoms with Gasteiger partial charge in [-0.25, -0.2) is 0 Å². The van der Waals surface area contributed by atoms with Crippen molar-refractivity contribution in [2.24, 2.45) is 4.99 Å². The molecule has 0 saturated carbocycles. The van der Waals surface area contributed by atoms with Crippen LogP contribution in [0.4, 0.5) is 5.00 Å². The van der Waals surface area contributed by atoms with Crippen LogP contribution in [0.25, 0.3) is 0 Å².